The normalized spacial score (nSPS) is 10.5. The molecule has 0 nitrogen and oxygen atoms in total. The van der Waals surface area contributed by atoms with Crippen LogP contribution in [-0.4, -0.2) is 0 Å². The fourth-order valence-corrected chi connectivity index (χ4v) is 5.29. The maximum atomic E-state index is 2.26. The zero-order chi connectivity index (χ0) is 20.2. The summed E-state index contributed by atoms with van der Waals surface area (Å²) in [4.78, 5) is 0. The van der Waals surface area contributed by atoms with Gasteiger partial charge in [0.2, 0.25) is 0 Å². The zero-order valence-electron chi connectivity index (χ0n) is 16.9. The predicted octanol–water partition coefficient (Wildman–Crippen LogP) is 5.58. The molecule has 0 heterocycles. The van der Waals surface area contributed by atoms with E-state index in [0.29, 0.717) is 0 Å². The molecule has 4 rings (SSSR count). The average Bonchev–Trinajstić information content (AvgIpc) is 2.78. The van der Waals surface area contributed by atoms with E-state index in [1.165, 1.54) is 39.6 Å². The first-order valence-electron chi connectivity index (χ1n) is 10.1. The third kappa shape index (κ3) is 7.58. The van der Waals surface area contributed by atoms with E-state index in [4.69, 9.17) is 0 Å². The summed E-state index contributed by atoms with van der Waals surface area (Å²) in [5, 5.41) is 5.71. The van der Waals surface area contributed by atoms with E-state index in [1.807, 2.05) is 0 Å². The molecule has 0 N–H and O–H groups in total. The van der Waals surface area contributed by atoms with Crippen molar-refractivity contribution in [2.75, 3.05) is 0 Å². The molecular weight excluding hydrogens is 386 g/mol. The van der Waals surface area contributed by atoms with Crippen LogP contribution in [0.3, 0.4) is 0 Å². The Labute approximate surface area is 179 Å². The van der Waals surface area contributed by atoms with Gasteiger partial charge in [0.05, 0.1) is 0 Å². The molecule has 4 aromatic rings. The van der Waals surface area contributed by atoms with Crippen LogP contribution in [0.15, 0.2) is 115 Å². The average molecular weight is 414 g/mol. The standard InChI is InChI=1S/C15H17P.C12H11P/c1-2-8-13-9-6-7-12-15(13)16-14-10-4-3-5-11-14;1-3-7-11(8-4-1)13-12-9-5-2-6-10-12/h3-7,9-12,16H,2,8H2,1H3;1-10,13H. The fourth-order valence-electron chi connectivity index (χ4n) is 3.02. The van der Waals surface area contributed by atoms with Gasteiger partial charge >= 0.3 is 0 Å². The fraction of sp³-hybridized carbons (Fsp3) is 0.111. The van der Waals surface area contributed by atoms with Gasteiger partial charge in [0.15, 0.2) is 0 Å². The predicted molar refractivity (Wildman–Crippen MR) is 135 cm³/mol. The largest absolute Gasteiger partial charge is 0.0651 e. The Hall–Kier alpha value is -2.26. The van der Waals surface area contributed by atoms with Crippen LogP contribution < -0.4 is 21.2 Å². The van der Waals surface area contributed by atoms with Gasteiger partial charge in [-0.2, -0.15) is 0 Å². The highest BCUT2D eigenvalue weighted by molar-refractivity contribution is 7.55. The molecule has 0 spiro atoms. The van der Waals surface area contributed by atoms with Crippen LogP contribution in [0.2, 0.25) is 0 Å². The number of benzene rings is 4. The van der Waals surface area contributed by atoms with Gasteiger partial charge in [-0.05, 0) is 33.2 Å². The van der Waals surface area contributed by atoms with Crippen molar-refractivity contribution in [3.8, 4) is 0 Å². The van der Waals surface area contributed by atoms with E-state index in [2.05, 4.69) is 122 Å². The van der Waals surface area contributed by atoms with Crippen molar-refractivity contribution < 1.29 is 0 Å². The Morgan fingerprint density at radius 3 is 1.38 bits per heavy atom. The molecule has 0 fully saturated rings. The van der Waals surface area contributed by atoms with Crippen molar-refractivity contribution in [3.05, 3.63) is 121 Å². The van der Waals surface area contributed by atoms with Crippen molar-refractivity contribution in [3.63, 3.8) is 0 Å². The molecule has 0 amide bonds. The lowest BCUT2D eigenvalue weighted by Crippen LogP contribution is -2.08. The molecule has 2 heteroatoms. The molecule has 1 unspecified atom stereocenters. The molecule has 4 aromatic carbocycles. The summed E-state index contributed by atoms with van der Waals surface area (Å²) in [5.74, 6) is 0. The second kappa shape index (κ2) is 12.3. The Kier molecular flexibility index (Phi) is 9.12. The van der Waals surface area contributed by atoms with Crippen molar-refractivity contribution >= 4 is 38.4 Å². The lowest BCUT2D eigenvalue weighted by atomic mass is 10.1. The van der Waals surface area contributed by atoms with Crippen LogP contribution >= 0.6 is 17.2 Å². The van der Waals surface area contributed by atoms with Crippen LogP contribution in [0.25, 0.3) is 0 Å². The highest BCUT2D eigenvalue weighted by Gasteiger charge is 2.01. The Morgan fingerprint density at radius 1 is 0.483 bits per heavy atom. The quantitative estimate of drug-likeness (QED) is 0.361. The summed E-state index contributed by atoms with van der Waals surface area (Å²) in [5.41, 5.74) is 1.51. The minimum atomic E-state index is 0.777. The first kappa shape index (κ1) is 21.4. The second-order valence-electron chi connectivity index (χ2n) is 6.76. The number of hydrogen-bond acceptors (Lipinski definition) is 0. The third-order valence-corrected chi connectivity index (χ3v) is 7.05. The summed E-state index contributed by atoms with van der Waals surface area (Å²) < 4.78 is 0. The summed E-state index contributed by atoms with van der Waals surface area (Å²) in [6.07, 6.45) is 2.41. The molecule has 1 atom stereocenters. The molecule has 0 aromatic heterocycles. The van der Waals surface area contributed by atoms with E-state index in [1.54, 1.807) is 0 Å². The molecule has 0 saturated carbocycles. The number of hydrogen-bond donors (Lipinski definition) is 0. The van der Waals surface area contributed by atoms with Crippen LogP contribution in [0.1, 0.15) is 18.9 Å². The topological polar surface area (TPSA) is 0 Å². The first-order valence-corrected chi connectivity index (χ1v) is 12.1. The summed E-state index contributed by atoms with van der Waals surface area (Å²) in [6.45, 7) is 2.24. The van der Waals surface area contributed by atoms with Crippen LogP contribution in [-0.2, 0) is 6.42 Å². The monoisotopic (exact) mass is 414 g/mol. The SMILES string of the molecule is CCCc1ccccc1Pc1ccccc1.c1ccc(Pc2ccccc2)cc1. The van der Waals surface area contributed by atoms with E-state index < -0.39 is 0 Å². The van der Waals surface area contributed by atoms with Crippen LogP contribution in [0.5, 0.6) is 0 Å². The zero-order valence-corrected chi connectivity index (χ0v) is 18.9. The molecule has 0 bridgehead atoms. The molecule has 0 radical (unpaired) electrons. The van der Waals surface area contributed by atoms with Gasteiger partial charge in [-0.1, -0.05) is 146 Å². The Morgan fingerprint density at radius 2 is 0.897 bits per heavy atom. The maximum absolute atomic E-state index is 2.26. The van der Waals surface area contributed by atoms with Gasteiger partial charge in [-0.15, -0.1) is 0 Å². The Bertz CT molecular complexity index is 914. The molecule has 0 saturated heterocycles. The highest BCUT2D eigenvalue weighted by Crippen LogP contribution is 2.14. The van der Waals surface area contributed by atoms with Crippen LogP contribution in [0, 0.1) is 0 Å². The Balaban J connectivity index is 0.000000169. The lowest BCUT2D eigenvalue weighted by Gasteiger charge is -2.08. The third-order valence-electron chi connectivity index (χ3n) is 4.43. The van der Waals surface area contributed by atoms with Crippen molar-refractivity contribution in [2.45, 2.75) is 19.8 Å². The number of rotatable bonds is 6. The molecule has 0 aliphatic carbocycles. The van der Waals surface area contributed by atoms with Gasteiger partial charge < -0.3 is 0 Å². The minimum absolute atomic E-state index is 0.777. The van der Waals surface area contributed by atoms with Crippen molar-refractivity contribution in [1.29, 1.82) is 0 Å². The lowest BCUT2D eigenvalue weighted by molar-refractivity contribution is 0.927. The van der Waals surface area contributed by atoms with Crippen LogP contribution in [0.4, 0.5) is 0 Å². The molecule has 29 heavy (non-hydrogen) atoms. The summed E-state index contributed by atoms with van der Waals surface area (Å²) >= 11 is 0. The van der Waals surface area contributed by atoms with E-state index in [-0.39, 0.29) is 0 Å². The van der Waals surface area contributed by atoms with Gasteiger partial charge in [0.1, 0.15) is 0 Å². The number of aryl methyl sites for hydroxylation is 1. The van der Waals surface area contributed by atoms with E-state index in [9.17, 15) is 0 Å². The molecule has 0 aliphatic rings. The first-order chi connectivity index (χ1) is 14.3. The smallest absolute Gasteiger partial charge is 0.0194 e. The molecular formula is C27H28P2. The van der Waals surface area contributed by atoms with Gasteiger partial charge in [-0.3, -0.25) is 0 Å². The second-order valence-corrected chi connectivity index (χ2v) is 9.53. The molecule has 0 aliphatic heterocycles. The van der Waals surface area contributed by atoms with Gasteiger partial charge in [0.25, 0.3) is 0 Å². The minimum Gasteiger partial charge on any atom is -0.0651 e. The van der Waals surface area contributed by atoms with Gasteiger partial charge in [0, 0.05) is 0 Å². The van der Waals surface area contributed by atoms with Gasteiger partial charge in [-0.25, -0.2) is 0 Å². The molecule has 146 valence electrons. The van der Waals surface area contributed by atoms with E-state index in [0.717, 1.165) is 17.2 Å². The summed E-state index contributed by atoms with van der Waals surface area (Å²) in [6, 6.07) is 40.7. The highest BCUT2D eigenvalue weighted by atomic mass is 31.1. The van der Waals surface area contributed by atoms with E-state index >= 15 is 0 Å². The maximum Gasteiger partial charge on any atom is -0.0194 e. The summed E-state index contributed by atoms with van der Waals surface area (Å²) in [7, 11) is 1.56. The van der Waals surface area contributed by atoms with Crippen molar-refractivity contribution in [2.24, 2.45) is 0 Å². The van der Waals surface area contributed by atoms with Crippen molar-refractivity contribution in [1.82, 2.24) is 0 Å².